The van der Waals surface area contributed by atoms with Crippen LogP contribution in [-0.2, 0) is 16.4 Å². The third kappa shape index (κ3) is 3.91. The fourth-order valence-electron chi connectivity index (χ4n) is 1.97. The minimum Gasteiger partial charge on any atom is -0.478 e. The molecule has 0 amide bonds. The number of halogens is 1. The van der Waals surface area contributed by atoms with Crippen molar-refractivity contribution in [1.82, 2.24) is 9.29 Å². The van der Waals surface area contributed by atoms with Crippen molar-refractivity contribution >= 4 is 16.0 Å². The first-order valence-corrected chi connectivity index (χ1v) is 8.14. The standard InChI is InChI=1S/C15H15FN2O4S/c1-18(9-6-11-4-7-17-8-5-11)23(21,22)14-3-2-12(15(19)20)10-13(14)16/h2-5,7-8,10H,6,9H2,1H3,(H,19,20). The predicted octanol–water partition coefficient (Wildman–Crippen LogP) is 1.78. The van der Waals surface area contributed by atoms with Gasteiger partial charge in [0.05, 0.1) is 5.56 Å². The van der Waals surface area contributed by atoms with Crippen molar-refractivity contribution in [3.05, 3.63) is 59.7 Å². The average Bonchev–Trinajstić information content (AvgIpc) is 2.53. The molecule has 0 atom stereocenters. The normalized spacial score (nSPS) is 11.6. The summed E-state index contributed by atoms with van der Waals surface area (Å²) in [6.45, 7) is 0.159. The highest BCUT2D eigenvalue weighted by atomic mass is 32.2. The number of sulfonamides is 1. The van der Waals surface area contributed by atoms with Gasteiger partial charge in [0.1, 0.15) is 10.7 Å². The number of likely N-dealkylation sites (N-methyl/N-ethyl adjacent to an activating group) is 1. The molecule has 6 nitrogen and oxygen atoms in total. The lowest BCUT2D eigenvalue weighted by atomic mass is 10.2. The molecule has 23 heavy (non-hydrogen) atoms. The Balaban J connectivity index is 2.19. The highest BCUT2D eigenvalue weighted by Gasteiger charge is 2.25. The Bertz CT molecular complexity index is 809. The van der Waals surface area contributed by atoms with Crippen molar-refractivity contribution in [2.45, 2.75) is 11.3 Å². The van der Waals surface area contributed by atoms with Crippen molar-refractivity contribution in [3.63, 3.8) is 0 Å². The molecule has 0 aliphatic carbocycles. The van der Waals surface area contributed by atoms with E-state index in [0.717, 1.165) is 22.0 Å². The van der Waals surface area contributed by atoms with E-state index in [1.807, 2.05) is 0 Å². The van der Waals surface area contributed by atoms with Crippen LogP contribution in [0.5, 0.6) is 0 Å². The van der Waals surface area contributed by atoms with Gasteiger partial charge in [-0.15, -0.1) is 0 Å². The molecule has 0 bridgehead atoms. The quantitative estimate of drug-likeness (QED) is 0.867. The highest BCUT2D eigenvalue weighted by Crippen LogP contribution is 2.20. The van der Waals surface area contributed by atoms with Crippen molar-refractivity contribution in [2.24, 2.45) is 0 Å². The largest absolute Gasteiger partial charge is 0.478 e. The number of carbonyl (C=O) groups is 1. The molecule has 0 fully saturated rings. The van der Waals surface area contributed by atoms with Gasteiger partial charge in [-0.1, -0.05) is 0 Å². The number of pyridine rings is 1. The van der Waals surface area contributed by atoms with Crippen LogP contribution in [0.2, 0.25) is 0 Å². The smallest absolute Gasteiger partial charge is 0.335 e. The van der Waals surface area contributed by atoms with Gasteiger partial charge < -0.3 is 5.11 Å². The van der Waals surface area contributed by atoms with E-state index in [1.165, 1.54) is 7.05 Å². The fourth-order valence-corrected chi connectivity index (χ4v) is 3.18. The molecule has 0 radical (unpaired) electrons. The van der Waals surface area contributed by atoms with Gasteiger partial charge in [0.25, 0.3) is 0 Å². The van der Waals surface area contributed by atoms with Crippen LogP contribution in [0.25, 0.3) is 0 Å². The first-order valence-electron chi connectivity index (χ1n) is 6.70. The number of benzene rings is 1. The van der Waals surface area contributed by atoms with Crippen LogP contribution in [0.15, 0.2) is 47.6 Å². The average molecular weight is 338 g/mol. The van der Waals surface area contributed by atoms with Gasteiger partial charge in [-0.25, -0.2) is 21.9 Å². The molecule has 8 heteroatoms. The molecule has 0 saturated carbocycles. The van der Waals surface area contributed by atoms with Crippen LogP contribution >= 0.6 is 0 Å². The number of rotatable bonds is 6. The Morgan fingerprint density at radius 1 is 1.26 bits per heavy atom. The van der Waals surface area contributed by atoms with Crippen LogP contribution in [0, 0.1) is 5.82 Å². The maximum atomic E-state index is 14.0. The van der Waals surface area contributed by atoms with Crippen LogP contribution in [-0.4, -0.2) is 42.4 Å². The first kappa shape index (κ1) is 17.0. The molecule has 0 aliphatic rings. The summed E-state index contributed by atoms with van der Waals surface area (Å²) >= 11 is 0. The molecule has 122 valence electrons. The van der Waals surface area contributed by atoms with Gasteiger partial charge in [0.15, 0.2) is 0 Å². The van der Waals surface area contributed by atoms with Gasteiger partial charge >= 0.3 is 5.97 Å². The van der Waals surface area contributed by atoms with Crippen molar-refractivity contribution in [1.29, 1.82) is 0 Å². The van der Waals surface area contributed by atoms with E-state index in [-0.39, 0.29) is 12.1 Å². The lowest BCUT2D eigenvalue weighted by Crippen LogP contribution is -2.29. The second-order valence-electron chi connectivity index (χ2n) is 4.88. The second-order valence-corrected chi connectivity index (χ2v) is 6.90. The monoisotopic (exact) mass is 338 g/mol. The molecule has 1 heterocycles. The van der Waals surface area contributed by atoms with Gasteiger partial charge in [-0.05, 0) is 42.3 Å². The van der Waals surface area contributed by atoms with Crippen LogP contribution in [0.1, 0.15) is 15.9 Å². The lowest BCUT2D eigenvalue weighted by molar-refractivity contribution is 0.0696. The van der Waals surface area contributed by atoms with E-state index in [1.54, 1.807) is 24.5 Å². The summed E-state index contributed by atoms with van der Waals surface area (Å²) in [6.07, 6.45) is 3.66. The number of hydrogen-bond acceptors (Lipinski definition) is 4. The summed E-state index contributed by atoms with van der Waals surface area (Å²) in [7, 11) is -2.68. The van der Waals surface area contributed by atoms with Crippen LogP contribution in [0.4, 0.5) is 4.39 Å². The zero-order chi connectivity index (χ0) is 17.0. The Hall–Kier alpha value is -2.32. The molecule has 1 aromatic heterocycles. The minimum absolute atomic E-state index is 0.159. The molecule has 1 aromatic carbocycles. The fraction of sp³-hybridized carbons (Fsp3) is 0.200. The molecular weight excluding hydrogens is 323 g/mol. The lowest BCUT2D eigenvalue weighted by Gasteiger charge is -2.17. The molecule has 0 unspecified atom stereocenters. The Labute approximate surface area is 133 Å². The van der Waals surface area contributed by atoms with Gasteiger partial charge in [-0.2, -0.15) is 0 Å². The predicted molar refractivity (Wildman–Crippen MR) is 81.1 cm³/mol. The van der Waals surface area contributed by atoms with E-state index in [9.17, 15) is 17.6 Å². The van der Waals surface area contributed by atoms with Crippen LogP contribution in [0.3, 0.4) is 0 Å². The number of carboxylic acids is 1. The van der Waals surface area contributed by atoms with Crippen molar-refractivity contribution < 1.29 is 22.7 Å². The zero-order valence-corrected chi connectivity index (χ0v) is 13.1. The van der Waals surface area contributed by atoms with E-state index < -0.39 is 26.7 Å². The van der Waals surface area contributed by atoms with Crippen LogP contribution < -0.4 is 0 Å². The summed E-state index contributed by atoms with van der Waals surface area (Å²) in [4.78, 5) is 14.1. The molecule has 1 N–H and O–H groups in total. The maximum absolute atomic E-state index is 14.0. The molecule has 2 rings (SSSR count). The molecule has 2 aromatic rings. The Morgan fingerprint density at radius 3 is 2.48 bits per heavy atom. The van der Waals surface area contributed by atoms with Gasteiger partial charge in [0.2, 0.25) is 10.0 Å². The van der Waals surface area contributed by atoms with Crippen molar-refractivity contribution in [3.8, 4) is 0 Å². The number of aromatic nitrogens is 1. The molecular formula is C15H15FN2O4S. The van der Waals surface area contributed by atoms with Gasteiger partial charge in [-0.3, -0.25) is 4.98 Å². The summed E-state index contributed by atoms with van der Waals surface area (Å²) in [5.41, 5.74) is 0.602. The first-order chi connectivity index (χ1) is 10.8. The second kappa shape index (κ2) is 6.84. The third-order valence-electron chi connectivity index (χ3n) is 3.33. The van der Waals surface area contributed by atoms with Crippen molar-refractivity contribution in [2.75, 3.05) is 13.6 Å². The third-order valence-corrected chi connectivity index (χ3v) is 5.22. The summed E-state index contributed by atoms with van der Waals surface area (Å²) in [6, 6.07) is 6.27. The Morgan fingerprint density at radius 2 is 1.91 bits per heavy atom. The van der Waals surface area contributed by atoms with E-state index in [4.69, 9.17) is 5.11 Å². The van der Waals surface area contributed by atoms with E-state index in [0.29, 0.717) is 12.5 Å². The minimum atomic E-state index is -4.03. The summed E-state index contributed by atoms with van der Waals surface area (Å²) in [5.74, 6) is -2.40. The summed E-state index contributed by atoms with van der Waals surface area (Å²) in [5, 5.41) is 8.79. The Kier molecular flexibility index (Phi) is 5.07. The summed E-state index contributed by atoms with van der Waals surface area (Å²) < 4.78 is 39.7. The SMILES string of the molecule is CN(CCc1ccncc1)S(=O)(=O)c1ccc(C(=O)O)cc1F. The number of nitrogens with zero attached hydrogens (tertiary/aromatic N) is 2. The zero-order valence-electron chi connectivity index (χ0n) is 12.3. The number of carboxylic acid groups (broad SMARTS) is 1. The number of hydrogen-bond donors (Lipinski definition) is 1. The molecule has 0 aliphatic heterocycles. The number of aromatic carboxylic acids is 1. The molecule has 0 saturated heterocycles. The van der Waals surface area contributed by atoms with Gasteiger partial charge in [0, 0.05) is 26.0 Å². The highest BCUT2D eigenvalue weighted by molar-refractivity contribution is 7.89. The van der Waals surface area contributed by atoms with E-state index in [2.05, 4.69) is 4.98 Å². The topological polar surface area (TPSA) is 87.6 Å². The maximum Gasteiger partial charge on any atom is 0.335 e. The van der Waals surface area contributed by atoms with E-state index >= 15 is 0 Å². The molecule has 0 spiro atoms.